The van der Waals surface area contributed by atoms with E-state index in [1.165, 1.54) is 12.3 Å². The van der Waals surface area contributed by atoms with Gasteiger partial charge in [0.1, 0.15) is 0 Å². The minimum Gasteiger partial charge on any atom is -0.258 e. The third-order valence-corrected chi connectivity index (χ3v) is 1.80. The fraction of sp³-hybridized carbons (Fsp3) is 0.125. The summed E-state index contributed by atoms with van der Waals surface area (Å²) in [4.78, 5) is 13.6. The van der Waals surface area contributed by atoms with Crippen LogP contribution in [0.1, 0.15) is 12.5 Å². The molecule has 0 bridgehead atoms. The van der Waals surface area contributed by atoms with Crippen molar-refractivity contribution in [2.75, 3.05) is 0 Å². The molecular weight excluding hydrogens is 192 g/mol. The second kappa shape index (κ2) is 3.53. The van der Waals surface area contributed by atoms with Crippen molar-refractivity contribution in [2.24, 2.45) is 0 Å². The first-order valence-electron chi connectivity index (χ1n) is 3.48. The van der Waals surface area contributed by atoms with Crippen molar-refractivity contribution >= 4 is 22.9 Å². The number of aromatic nitrogens is 1. The molecule has 0 spiro atoms. The summed E-state index contributed by atoms with van der Waals surface area (Å²) in [5.41, 5.74) is 1.14. The lowest BCUT2D eigenvalue weighted by molar-refractivity contribution is -0.385. The Morgan fingerprint density at radius 1 is 1.77 bits per heavy atom. The maximum Gasteiger partial charge on any atom is 0.307 e. The number of hydrogen-bond donors (Lipinski definition) is 0. The van der Waals surface area contributed by atoms with Gasteiger partial charge in [0.25, 0.3) is 0 Å². The number of pyridine rings is 1. The molecule has 0 N–H and O–H groups in total. The van der Waals surface area contributed by atoms with Crippen LogP contribution in [-0.4, -0.2) is 9.91 Å². The summed E-state index contributed by atoms with van der Waals surface area (Å²) in [7, 11) is 0. The van der Waals surface area contributed by atoms with Crippen LogP contribution in [0.15, 0.2) is 18.8 Å². The van der Waals surface area contributed by atoms with E-state index in [0.29, 0.717) is 11.1 Å². The van der Waals surface area contributed by atoms with E-state index in [4.69, 9.17) is 11.6 Å². The number of nitrogens with zero attached hydrogens (tertiary/aromatic N) is 2. The van der Waals surface area contributed by atoms with Crippen LogP contribution in [0.25, 0.3) is 5.57 Å². The maximum atomic E-state index is 10.4. The van der Waals surface area contributed by atoms with Gasteiger partial charge >= 0.3 is 5.69 Å². The first-order valence-corrected chi connectivity index (χ1v) is 3.86. The second-order valence-corrected chi connectivity index (χ2v) is 2.93. The first kappa shape index (κ1) is 9.67. The highest BCUT2D eigenvalue weighted by Crippen LogP contribution is 2.24. The van der Waals surface area contributed by atoms with Gasteiger partial charge in [-0.25, -0.2) is 4.98 Å². The quantitative estimate of drug-likeness (QED) is 0.417. The average Bonchev–Trinajstić information content (AvgIpc) is 2.04. The first-order chi connectivity index (χ1) is 6.02. The summed E-state index contributed by atoms with van der Waals surface area (Å²) in [6.45, 7) is 5.39. The average molecular weight is 199 g/mol. The van der Waals surface area contributed by atoms with Gasteiger partial charge < -0.3 is 0 Å². The van der Waals surface area contributed by atoms with Crippen LogP contribution in [0.5, 0.6) is 0 Å². The molecule has 0 aliphatic heterocycles. The Morgan fingerprint density at radius 3 is 2.85 bits per heavy atom. The Labute approximate surface area is 80.0 Å². The summed E-state index contributed by atoms with van der Waals surface area (Å²) in [5.74, 6) is 0. The fourth-order valence-electron chi connectivity index (χ4n) is 0.798. The maximum absolute atomic E-state index is 10.4. The Morgan fingerprint density at radius 2 is 2.38 bits per heavy atom. The van der Waals surface area contributed by atoms with Crippen LogP contribution in [0.3, 0.4) is 0 Å². The zero-order valence-electron chi connectivity index (χ0n) is 6.95. The van der Waals surface area contributed by atoms with Gasteiger partial charge in [-0.05, 0) is 12.5 Å². The van der Waals surface area contributed by atoms with Crippen LogP contribution in [0.2, 0.25) is 5.15 Å². The molecule has 0 fully saturated rings. The molecule has 0 aliphatic carbocycles. The SMILES string of the molecule is C=C(C)c1cnc(Cl)c([N+](=O)[O-])c1. The van der Waals surface area contributed by atoms with E-state index in [2.05, 4.69) is 11.6 Å². The van der Waals surface area contributed by atoms with Crippen LogP contribution in [0.4, 0.5) is 5.69 Å². The molecule has 0 saturated heterocycles. The zero-order valence-corrected chi connectivity index (χ0v) is 7.71. The number of hydrogen-bond acceptors (Lipinski definition) is 3. The van der Waals surface area contributed by atoms with E-state index in [1.54, 1.807) is 6.92 Å². The standard InChI is InChI=1S/C8H7ClN2O2/c1-5(2)6-3-7(11(12)13)8(9)10-4-6/h3-4H,1H2,2H3. The predicted octanol–water partition coefficient (Wildman–Crippen LogP) is 2.68. The van der Waals surface area contributed by atoms with Gasteiger partial charge in [-0.3, -0.25) is 10.1 Å². The van der Waals surface area contributed by atoms with Crippen molar-refractivity contribution in [1.82, 2.24) is 4.98 Å². The molecule has 0 radical (unpaired) electrons. The second-order valence-electron chi connectivity index (χ2n) is 2.57. The van der Waals surface area contributed by atoms with Crippen molar-refractivity contribution < 1.29 is 4.92 Å². The van der Waals surface area contributed by atoms with Crippen molar-refractivity contribution in [2.45, 2.75) is 6.92 Å². The molecule has 0 unspecified atom stereocenters. The third-order valence-electron chi connectivity index (χ3n) is 1.51. The Balaban J connectivity index is 3.27. The van der Waals surface area contributed by atoms with Gasteiger partial charge in [-0.2, -0.15) is 0 Å². The minimum atomic E-state index is -0.568. The molecule has 1 rings (SSSR count). The summed E-state index contributed by atoms with van der Waals surface area (Å²) < 4.78 is 0. The molecule has 13 heavy (non-hydrogen) atoms. The lowest BCUT2D eigenvalue weighted by Crippen LogP contribution is -1.92. The molecule has 1 aromatic rings. The lowest BCUT2D eigenvalue weighted by Gasteiger charge is -1.99. The van der Waals surface area contributed by atoms with Crippen molar-refractivity contribution in [1.29, 1.82) is 0 Å². The van der Waals surface area contributed by atoms with E-state index in [0.717, 1.165) is 0 Å². The van der Waals surface area contributed by atoms with Crippen molar-refractivity contribution in [3.8, 4) is 0 Å². The van der Waals surface area contributed by atoms with Crippen LogP contribution < -0.4 is 0 Å². The molecule has 0 aromatic carbocycles. The monoisotopic (exact) mass is 198 g/mol. The summed E-state index contributed by atoms with van der Waals surface area (Å²) >= 11 is 5.51. The molecule has 1 heterocycles. The van der Waals surface area contributed by atoms with Gasteiger partial charge in [-0.15, -0.1) is 0 Å². The Kier molecular flexibility index (Phi) is 2.63. The number of nitro groups is 1. The van der Waals surface area contributed by atoms with Gasteiger partial charge in [-0.1, -0.05) is 18.2 Å². The minimum absolute atomic E-state index is 0.102. The van der Waals surface area contributed by atoms with E-state index >= 15 is 0 Å². The summed E-state index contributed by atoms with van der Waals surface area (Å²) in [6.07, 6.45) is 1.46. The van der Waals surface area contributed by atoms with Gasteiger partial charge in [0.2, 0.25) is 5.15 Å². The normalized spacial score (nSPS) is 9.69. The van der Waals surface area contributed by atoms with E-state index in [-0.39, 0.29) is 10.8 Å². The van der Waals surface area contributed by atoms with Crippen LogP contribution >= 0.6 is 11.6 Å². The highest BCUT2D eigenvalue weighted by molar-refractivity contribution is 6.31. The third kappa shape index (κ3) is 2.03. The van der Waals surface area contributed by atoms with Gasteiger partial charge in [0.15, 0.2) is 0 Å². The highest BCUT2D eigenvalue weighted by Gasteiger charge is 2.14. The van der Waals surface area contributed by atoms with E-state index in [9.17, 15) is 10.1 Å². The largest absolute Gasteiger partial charge is 0.307 e. The lowest BCUT2D eigenvalue weighted by atomic mass is 10.1. The molecule has 5 heteroatoms. The Bertz CT molecular complexity index is 376. The van der Waals surface area contributed by atoms with Crippen LogP contribution in [0, 0.1) is 10.1 Å². The summed E-state index contributed by atoms with van der Waals surface area (Å²) in [5, 5.41) is 10.3. The molecule has 0 amide bonds. The number of halogens is 1. The molecule has 4 nitrogen and oxygen atoms in total. The van der Waals surface area contributed by atoms with E-state index in [1.807, 2.05) is 0 Å². The summed E-state index contributed by atoms with van der Waals surface area (Å²) in [6, 6.07) is 1.36. The molecule has 68 valence electrons. The fourth-order valence-corrected chi connectivity index (χ4v) is 0.970. The van der Waals surface area contributed by atoms with Crippen molar-refractivity contribution in [3.63, 3.8) is 0 Å². The smallest absolute Gasteiger partial charge is 0.258 e. The molecule has 0 aliphatic rings. The topological polar surface area (TPSA) is 56.0 Å². The van der Waals surface area contributed by atoms with Crippen molar-refractivity contribution in [3.05, 3.63) is 39.7 Å². The van der Waals surface area contributed by atoms with Gasteiger partial charge in [0, 0.05) is 17.8 Å². The van der Waals surface area contributed by atoms with Crippen LogP contribution in [-0.2, 0) is 0 Å². The van der Waals surface area contributed by atoms with Gasteiger partial charge in [0.05, 0.1) is 4.92 Å². The number of allylic oxidation sites excluding steroid dienone is 1. The predicted molar refractivity (Wildman–Crippen MR) is 50.6 cm³/mol. The molecule has 1 aromatic heterocycles. The highest BCUT2D eigenvalue weighted by atomic mass is 35.5. The van der Waals surface area contributed by atoms with E-state index < -0.39 is 4.92 Å². The number of rotatable bonds is 2. The molecular formula is C8H7ClN2O2. The molecule has 0 atom stereocenters. The zero-order chi connectivity index (χ0) is 10.0. The molecule has 0 saturated carbocycles. The Hall–Kier alpha value is -1.42.